The molecule has 8 nitrogen and oxygen atoms in total. The van der Waals surface area contributed by atoms with Gasteiger partial charge in [-0.15, -0.1) is 11.3 Å². The maximum atomic E-state index is 12.9. The van der Waals surface area contributed by atoms with Crippen molar-refractivity contribution < 1.29 is 22.7 Å². The normalized spacial score (nSPS) is 12.5. The van der Waals surface area contributed by atoms with Gasteiger partial charge < -0.3 is 9.47 Å². The number of rotatable bonds is 8. The number of sulfonamides is 1. The Kier molecular flexibility index (Phi) is 6.12. The van der Waals surface area contributed by atoms with Gasteiger partial charge in [0.25, 0.3) is 0 Å². The van der Waals surface area contributed by atoms with E-state index in [4.69, 9.17) is 4.74 Å². The van der Waals surface area contributed by atoms with E-state index in [1.165, 1.54) is 43.8 Å². The molecule has 0 saturated carbocycles. The second-order valence-electron chi connectivity index (χ2n) is 5.73. The molecule has 2 heterocycles. The molecule has 1 unspecified atom stereocenters. The minimum Gasteiger partial charge on any atom is -0.495 e. The number of carbonyl (C=O) groups excluding carboxylic acids is 1. The molecule has 1 atom stereocenters. The van der Waals surface area contributed by atoms with Gasteiger partial charge in [0.05, 0.1) is 25.8 Å². The molecule has 0 radical (unpaired) electrons. The topological polar surface area (TPSA) is 99.5 Å². The minimum absolute atomic E-state index is 0.0795. The summed E-state index contributed by atoms with van der Waals surface area (Å²) in [5.74, 6) is -0.501. The number of methoxy groups -OCH3 is 2. The van der Waals surface area contributed by atoms with Crippen LogP contribution in [-0.2, 0) is 14.8 Å². The first-order valence-electron chi connectivity index (χ1n) is 8.25. The monoisotopic (exact) mass is 421 g/mol. The predicted molar refractivity (Wildman–Crippen MR) is 104 cm³/mol. The van der Waals surface area contributed by atoms with Crippen molar-refractivity contribution >= 4 is 27.3 Å². The van der Waals surface area contributed by atoms with Crippen LogP contribution >= 0.6 is 11.3 Å². The summed E-state index contributed by atoms with van der Waals surface area (Å²) in [7, 11) is -1.37. The standard InChI is InChI=1S/C18H19N3O5S2/c1-25-15-7-6-13(18(22)26-2)11-17(15)28(23,24)20-12-14(16-5-3-10-27-16)21-9-4-8-19-21/h3-11,14,20H,12H2,1-2H3. The van der Waals surface area contributed by atoms with Gasteiger partial charge in [-0.25, -0.2) is 17.9 Å². The lowest BCUT2D eigenvalue weighted by atomic mass is 10.2. The molecule has 28 heavy (non-hydrogen) atoms. The van der Waals surface area contributed by atoms with Crippen molar-refractivity contribution in [1.82, 2.24) is 14.5 Å². The van der Waals surface area contributed by atoms with Crippen LogP contribution in [0, 0.1) is 0 Å². The first-order chi connectivity index (χ1) is 13.5. The summed E-state index contributed by atoms with van der Waals surface area (Å²) in [6, 6.07) is 9.39. The molecule has 0 bridgehead atoms. The second-order valence-corrected chi connectivity index (χ2v) is 8.44. The molecular weight excluding hydrogens is 402 g/mol. The zero-order valence-electron chi connectivity index (χ0n) is 15.2. The van der Waals surface area contributed by atoms with Gasteiger partial charge in [-0.2, -0.15) is 5.10 Å². The van der Waals surface area contributed by atoms with E-state index in [0.717, 1.165) is 4.88 Å². The minimum atomic E-state index is -3.96. The number of esters is 1. The van der Waals surface area contributed by atoms with E-state index in [9.17, 15) is 13.2 Å². The fourth-order valence-electron chi connectivity index (χ4n) is 2.67. The number of nitrogens with one attached hydrogen (secondary N) is 1. The third-order valence-corrected chi connectivity index (χ3v) is 6.48. The number of hydrogen-bond donors (Lipinski definition) is 1. The Morgan fingerprint density at radius 2 is 2.11 bits per heavy atom. The maximum absolute atomic E-state index is 12.9. The highest BCUT2D eigenvalue weighted by Crippen LogP contribution is 2.27. The largest absolute Gasteiger partial charge is 0.495 e. The molecular formula is C18H19N3O5S2. The van der Waals surface area contributed by atoms with Crippen LogP contribution in [0.4, 0.5) is 0 Å². The predicted octanol–water partition coefficient (Wildman–Crippen LogP) is 2.31. The quantitative estimate of drug-likeness (QED) is 0.561. The summed E-state index contributed by atoms with van der Waals surface area (Å²) < 4.78 is 40.0. The van der Waals surface area contributed by atoms with Gasteiger partial charge in [0.2, 0.25) is 10.0 Å². The second kappa shape index (κ2) is 8.55. The molecule has 3 rings (SSSR count). The van der Waals surface area contributed by atoms with Crippen LogP contribution in [0.2, 0.25) is 0 Å². The lowest BCUT2D eigenvalue weighted by Gasteiger charge is -2.18. The summed E-state index contributed by atoms with van der Waals surface area (Å²) >= 11 is 1.51. The van der Waals surface area contributed by atoms with Crippen molar-refractivity contribution in [3.63, 3.8) is 0 Å². The van der Waals surface area contributed by atoms with E-state index in [-0.39, 0.29) is 28.8 Å². The fourth-order valence-corrected chi connectivity index (χ4v) is 4.72. The van der Waals surface area contributed by atoms with Crippen molar-refractivity contribution in [1.29, 1.82) is 0 Å². The number of nitrogens with zero attached hydrogens (tertiary/aromatic N) is 2. The average molecular weight is 422 g/mol. The third kappa shape index (κ3) is 4.24. The number of benzene rings is 1. The van der Waals surface area contributed by atoms with Gasteiger partial charge in [-0.3, -0.25) is 4.68 Å². The Morgan fingerprint density at radius 3 is 2.71 bits per heavy atom. The van der Waals surface area contributed by atoms with E-state index in [1.54, 1.807) is 23.1 Å². The lowest BCUT2D eigenvalue weighted by molar-refractivity contribution is 0.0600. The number of ether oxygens (including phenoxy) is 2. The molecule has 1 N–H and O–H groups in total. The van der Waals surface area contributed by atoms with E-state index in [1.807, 2.05) is 17.5 Å². The van der Waals surface area contributed by atoms with E-state index in [0.29, 0.717) is 0 Å². The zero-order chi connectivity index (χ0) is 20.1. The molecule has 10 heteroatoms. The van der Waals surface area contributed by atoms with Gasteiger partial charge in [-0.1, -0.05) is 6.07 Å². The fraction of sp³-hybridized carbons (Fsp3) is 0.222. The van der Waals surface area contributed by atoms with E-state index in [2.05, 4.69) is 14.6 Å². The first kappa shape index (κ1) is 20.1. The van der Waals surface area contributed by atoms with Crippen LogP contribution in [-0.4, -0.2) is 44.9 Å². The van der Waals surface area contributed by atoms with Crippen LogP contribution < -0.4 is 9.46 Å². The van der Waals surface area contributed by atoms with Crippen LogP contribution in [0.5, 0.6) is 5.75 Å². The van der Waals surface area contributed by atoms with Gasteiger partial charge in [-0.05, 0) is 35.7 Å². The first-order valence-corrected chi connectivity index (χ1v) is 10.6. The molecule has 0 fully saturated rings. The summed E-state index contributed by atoms with van der Waals surface area (Å²) in [4.78, 5) is 12.6. The molecule has 0 aliphatic heterocycles. The third-order valence-electron chi connectivity index (χ3n) is 4.06. The number of hydrogen-bond acceptors (Lipinski definition) is 7. The average Bonchev–Trinajstić information content (AvgIpc) is 3.41. The van der Waals surface area contributed by atoms with Crippen molar-refractivity contribution in [3.8, 4) is 5.75 Å². The molecule has 0 spiro atoms. The number of carbonyl (C=O) groups is 1. The van der Waals surface area contributed by atoms with Gasteiger partial charge in [0.1, 0.15) is 10.6 Å². The highest BCUT2D eigenvalue weighted by molar-refractivity contribution is 7.89. The van der Waals surface area contributed by atoms with Gasteiger partial charge in [0.15, 0.2) is 0 Å². The zero-order valence-corrected chi connectivity index (χ0v) is 16.9. The van der Waals surface area contributed by atoms with E-state index >= 15 is 0 Å². The summed E-state index contributed by atoms with van der Waals surface area (Å²) in [6.07, 6.45) is 3.41. The summed E-state index contributed by atoms with van der Waals surface area (Å²) in [5, 5.41) is 6.15. The summed E-state index contributed by atoms with van der Waals surface area (Å²) in [5.41, 5.74) is 0.116. The van der Waals surface area contributed by atoms with Crippen LogP contribution in [0.25, 0.3) is 0 Å². The molecule has 0 aliphatic rings. The van der Waals surface area contributed by atoms with Crippen molar-refractivity contribution in [2.24, 2.45) is 0 Å². The van der Waals surface area contributed by atoms with Gasteiger partial charge >= 0.3 is 5.97 Å². The molecule has 148 valence electrons. The van der Waals surface area contributed by atoms with Crippen molar-refractivity contribution in [2.45, 2.75) is 10.9 Å². The number of thiophene rings is 1. The molecule has 0 amide bonds. The molecule has 3 aromatic rings. The Labute approximate surface area is 166 Å². The van der Waals surface area contributed by atoms with Crippen LogP contribution in [0.15, 0.2) is 59.1 Å². The van der Waals surface area contributed by atoms with Crippen LogP contribution in [0.3, 0.4) is 0 Å². The molecule has 2 aromatic heterocycles. The SMILES string of the molecule is COC(=O)c1ccc(OC)c(S(=O)(=O)NCC(c2cccs2)n2cccn2)c1. The van der Waals surface area contributed by atoms with E-state index < -0.39 is 16.0 Å². The smallest absolute Gasteiger partial charge is 0.337 e. The van der Waals surface area contributed by atoms with Crippen molar-refractivity contribution in [2.75, 3.05) is 20.8 Å². The van der Waals surface area contributed by atoms with Gasteiger partial charge in [0, 0.05) is 23.8 Å². The lowest BCUT2D eigenvalue weighted by Crippen LogP contribution is -2.31. The summed E-state index contributed by atoms with van der Waals surface area (Å²) in [6.45, 7) is 0.0795. The maximum Gasteiger partial charge on any atom is 0.337 e. The highest BCUT2D eigenvalue weighted by Gasteiger charge is 2.24. The molecule has 0 aliphatic carbocycles. The van der Waals surface area contributed by atoms with Crippen LogP contribution in [0.1, 0.15) is 21.3 Å². The molecule has 0 saturated heterocycles. The Morgan fingerprint density at radius 1 is 1.29 bits per heavy atom. The molecule has 1 aromatic carbocycles. The Balaban J connectivity index is 1.90. The number of aromatic nitrogens is 2. The highest BCUT2D eigenvalue weighted by atomic mass is 32.2. The Bertz CT molecular complexity index is 997. The van der Waals surface area contributed by atoms with Crippen molar-refractivity contribution in [3.05, 3.63) is 64.6 Å². The Hall–Kier alpha value is -2.69.